The van der Waals surface area contributed by atoms with Crippen molar-refractivity contribution in [2.24, 2.45) is 0 Å². The summed E-state index contributed by atoms with van der Waals surface area (Å²) in [6.07, 6.45) is 2.78. The number of carbonyl (C=O) groups excluding carboxylic acids is 1. The van der Waals surface area contributed by atoms with E-state index in [4.69, 9.17) is 15.1 Å². The lowest BCUT2D eigenvalue weighted by Gasteiger charge is -1.97. The highest BCUT2D eigenvalue weighted by atomic mass is 79.9. The van der Waals surface area contributed by atoms with Crippen LogP contribution in [0, 0.1) is 0 Å². The number of alkyl halides is 1. The van der Waals surface area contributed by atoms with Crippen LogP contribution in [0.3, 0.4) is 0 Å². The molecule has 3 rings (SSSR count). The average molecular weight is 443 g/mol. The lowest BCUT2D eigenvalue weighted by Crippen LogP contribution is -1.98. The third-order valence-electron chi connectivity index (χ3n) is 3.08. The van der Waals surface area contributed by atoms with Crippen molar-refractivity contribution in [3.63, 3.8) is 0 Å². The molecule has 0 unspecified atom stereocenters. The zero-order valence-electron chi connectivity index (χ0n) is 12.8. The first-order chi connectivity index (χ1) is 11.9. The lowest BCUT2D eigenvalue weighted by atomic mass is 10.2. The molecule has 5 nitrogen and oxygen atoms in total. The van der Waals surface area contributed by atoms with Gasteiger partial charge in [0.15, 0.2) is 12.2 Å². The Hall–Kier alpha value is -1.96. The van der Waals surface area contributed by atoms with E-state index in [9.17, 15) is 13.2 Å². The molecule has 0 aliphatic heterocycles. The smallest absolute Gasteiger partial charge is 0.261 e. The predicted octanol–water partition coefficient (Wildman–Crippen LogP) is 4.53. The van der Waals surface area contributed by atoms with Crippen molar-refractivity contribution in [1.29, 1.82) is 0 Å². The van der Waals surface area contributed by atoms with Crippen LogP contribution in [0.15, 0.2) is 76.6 Å². The molecular weight excluding hydrogens is 430 g/mol. The number of aromatic nitrogens is 1. The quantitative estimate of drug-likeness (QED) is 0.337. The molecule has 1 heterocycles. The van der Waals surface area contributed by atoms with Crippen LogP contribution >= 0.6 is 26.6 Å². The summed E-state index contributed by atoms with van der Waals surface area (Å²) < 4.78 is 26.7. The molecule has 0 aliphatic carbocycles. The molecule has 0 amide bonds. The van der Waals surface area contributed by atoms with Gasteiger partial charge in [0, 0.05) is 21.8 Å². The molecule has 0 N–H and O–H groups in total. The third-order valence-corrected chi connectivity index (χ3v) is 4.96. The van der Waals surface area contributed by atoms with E-state index in [1.807, 2.05) is 30.3 Å². The number of halogens is 2. The second-order valence-electron chi connectivity index (χ2n) is 4.76. The standard InChI is InChI=1S/C9H6ClNO3S.C8H7BrO/c10-15(12,13)8-3-1-7(2-4-8)9-5-14-6-11-9;9-6-8(10)7-4-2-1-3-5-7/h1-6H;1-5H,6H2. The minimum absolute atomic E-state index is 0.0661. The van der Waals surface area contributed by atoms with Crippen LogP contribution < -0.4 is 0 Å². The Labute approximate surface area is 158 Å². The first-order valence-electron chi connectivity index (χ1n) is 6.99. The topological polar surface area (TPSA) is 77.2 Å². The van der Waals surface area contributed by atoms with Crippen molar-refractivity contribution < 1.29 is 17.6 Å². The lowest BCUT2D eigenvalue weighted by molar-refractivity contribution is 0.102. The van der Waals surface area contributed by atoms with E-state index in [-0.39, 0.29) is 10.7 Å². The zero-order chi connectivity index (χ0) is 18.3. The van der Waals surface area contributed by atoms with Crippen molar-refractivity contribution in [1.82, 2.24) is 4.98 Å². The SMILES string of the molecule is O=C(CBr)c1ccccc1.O=S(=O)(Cl)c1ccc(-c2cocn2)cc1. The Balaban J connectivity index is 0.000000196. The Kier molecular flexibility index (Phi) is 6.92. The number of benzene rings is 2. The summed E-state index contributed by atoms with van der Waals surface area (Å²) in [6, 6.07) is 15.3. The Morgan fingerprint density at radius 2 is 1.72 bits per heavy atom. The van der Waals surface area contributed by atoms with Gasteiger partial charge in [-0.1, -0.05) is 58.4 Å². The Morgan fingerprint density at radius 1 is 1.08 bits per heavy atom. The van der Waals surface area contributed by atoms with E-state index in [1.54, 1.807) is 12.1 Å². The summed E-state index contributed by atoms with van der Waals surface area (Å²) in [6.45, 7) is 0. The van der Waals surface area contributed by atoms with Crippen LogP contribution in [0.4, 0.5) is 0 Å². The van der Waals surface area contributed by atoms with Gasteiger partial charge in [-0.05, 0) is 12.1 Å². The molecule has 0 bridgehead atoms. The Morgan fingerprint density at radius 3 is 2.20 bits per heavy atom. The number of hydrogen-bond donors (Lipinski definition) is 0. The highest BCUT2D eigenvalue weighted by Crippen LogP contribution is 2.21. The maximum absolute atomic E-state index is 11.0. The number of carbonyl (C=O) groups is 1. The summed E-state index contributed by atoms with van der Waals surface area (Å²) in [5.41, 5.74) is 2.18. The van der Waals surface area contributed by atoms with E-state index in [2.05, 4.69) is 20.9 Å². The van der Waals surface area contributed by atoms with Gasteiger partial charge in [0.1, 0.15) is 12.0 Å². The molecule has 0 radical (unpaired) electrons. The van der Waals surface area contributed by atoms with Gasteiger partial charge in [0.25, 0.3) is 9.05 Å². The molecule has 2 aromatic carbocycles. The van der Waals surface area contributed by atoms with Crippen molar-refractivity contribution in [2.45, 2.75) is 4.90 Å². The van der Waals surface area contributed by atoms with Crippen LogP contribution in [0.5, 0.6) is 0 Å². The molecule has 0 fully saturated rings. The van der Waals surface area contributed by atoms with E-state index in [0.29, 0.717) is 11.0 Å². The molecule has 0 spiro atoms. The summed E-state index contributed by atoms with van der Waals surface area (Å²) in [5.74, 6) is 0.126. The summed E-state index contributed by atoms with van der Waals surface area (Å²) in [4.78, 5) is 15.0. The third kappa shape index (κ3) is 5.81. The highest BCUT2D eigenvalue weighted by Gasteiger charge is 2.09. The van der Waals surface area contributed by atoms with Crippen molar-refractivity contribution in [3.05, 3.63) is 72.8 Å². The van der Waals surface area contributed by atoms with Gasteiger partial charge in [0.05, 0.1) is 10.2 Å². The molecule has 0 saturated carbocycles. The maximum atomic E-state index is 11.0. The van der Waals surface area contributed by atoms with Gasteiger partial charge in [-0.2, -0.15) is 0 Å². The van der Waals surface area contributed by atoms with E-state index < -0.39 is 9.05 Å². The minimum Gasteiger partial charge on any atom is -0.451 e. The van der Waals surface area contributed by atoms with Gasteiger partial charge < -0.3 is 4.42 Å². The van der Waals surface area contributed by atoms with Gasteiger partial charge in [0.2, 0.25) is 0 Å². The number of oxazole rings is 1. The molecule has 25 heavy (non-hydrogen) atoms. The molecule has 1 aromatic heterocycles. The number of hydrogen-bond acceptors (Lipinski definition) is 5. The van der Waals surface area contributed by atoms with E-state index in [1.165, 1.54) is 24.8 Å². The number of Topliss-reactive ketones (excluding diaryl/α,β-unsaturated/α-hetero) is 1. The second kappa shape index (κ2) is 8.94. The average Bonchev–Trinajstić information content (AvgIpc) is 3.16. The summed E-state index contributed by atoms with van der Waals surface area (Å²) >= 11 is 3.10. The monoisotopic (exact) mass is 441 g/mol. The van der Waals surface area contributed by atoms with Gasteiger partial charge in [-0.25, -0.2) is 13.4 Å². The van der Waals surface area contributed by atoms with Gasteiger partial charge >= 0.3 is 0 Å². The first-order valence-corrected chi connectivity index (χ1v) is 10.4. The van der Waals surface area contributed by atoms with Gasteiger partial charge in [-0.3, -0.25) is 4.79 Å². The zero-order valence-corrected chi connectivity index (χ0v) is 16.0. The summed E-state index contributed by atoms with van der Waals surface area (Å²) in [7, 11) is 1.51. The van der Waals surface area contributed by atoms with Crippen LogP contribution in [-0.2, 0) is 9.05 Å². The molecule has 3 aromatic rings. The molecular formula is C17H13BrClNO4S. The van der Waals surface area contributed by atoms with Crippen LogP contribution in [0.2, 0.25) is 0 Å². The molecule has 0 atom stereocenters. The van der Waals surface area contributed by atoms with Crippen LogP contribution in [0.1, 0.15) is 10.4 Å². The molecule has 0 saturated heterocycles. The van der Waals surface area contributed by atoms with Crippen LogP contribution in [0.25, 0.3) is 11.3 Å². The number of ketones is 1. The minimum atomic E-state index is -3.66. The van der Waals surface area contributed by atoms with E-state index in [0.717, 1.165) is 11.1 Å². The molecule has 8 heteroatoms. The molecule has 130 valence electrons. The molecule has 0 aliphatic rings. The van der Waals surface area contributed by atoms with Crippen molar-refractivity contribution in [3.8, 4) is 11.3 Å². The highest BCUT2D eigenvalue weighted by molar-refractivity contribution is 9.09. The second-order valence-corrected chi connectivity index (χ2v) is 7.89. The van der Waals surface area contributed by atoms with Crippen LogP contribution in [-0.4, -0.2) is 24.5 Å². The fraction of sp³-hybridized carbons (Fsp3) is 0.0588. The van der Waals surface area contributed by atoms with Gasteiger partial charge in [-0.15, -0.1) is 0 Å². The maximum Gasteiger partial charge on any atom is 0.261 e. The predicted molar refractivity (Wildman–Crippen MR) is 99.5 cm³/mol. The van der Waals surface area contributed by atoms with E-state index >= 15 is 0 Å². The largest absolute Gasteiger partial charge is 0.451 e. The number of rotatable bonds is 4. The van der Waals surface area contributed by atoms with Crippen molar-refractivity contribution in [2.75, 3.05) is 5.33 Å². The number of nitrogens with zero attached hydrogens (tertiary/aromatic N) is 1. The summed E-state index contributed by atoms with van der Waals surface area (Å²) in [5, 5.41) is 0.400. The normalized spacial score (nSPS) is 10.6. The Bertz CT molecular complexity index is 911. The first kappa shape index (κ1) is 19.4. The fourth-order valence-corrected chi connectivity index (χ4v) is 2.94. The van der Waals surface area contributed by atoms with Crippen molar-refractivity contribution >= 4 is 41.4 Å². The fourth-order valence-electron chi connectivity index (χ4n) is 1.84.